The fourth-order valence-corrected chi connectivity index (χ4v) is 3.33. The Kier molecular flexibility index (Phi) is 5.65. The minimum absolute atomic E-state index is 0.559. The first-order chi connectivity index (χ1) is 13.0. The monoisotopic (exact) mass is 360 g/mol. The van der Waals surface area contributed by atoms with Crippen LogP contribution >= 0.6 is 0 Å². The highest BCUT2D eigenvalue weighted by Gasteiger charge is 2.27. The van der Waals surface area contributed by atoms with Gasteiger partial charge in [-0.05, 0) is 20.3 Å². The van der Waals surface area contributed by atoms with Gasteiger partial charge in [-0.1, -0.05) is 73.5 Å². The van der Waals surface area contributed by atoms with E-state index < -0.39 is 11.9 Å². The molecule has 27 heavy (non-hydrogen) atoms. The van der Waals surface area contributed by atoms with Gasteiger partial charge in [0, 0.05) is 22.4 Å². The van der Waals surface area contributed by atoms with Crippen molar-refractivity contribution in [2.45, 2.75) is 39.5 Å². The maximum atomic E-state index is 12.0. The summed E-state index contributed by atoms with van der Waals surface area (Å²) in [6.45, 7) is 5.91. The zero-order valence-corrected chi connectivity index (χ0v) is 15.9. The van der Waals surface area contributed by atoms with Gasteiger partial charge in [0.15, 0.2) is 5.82 Å². The second-order valence-corrected chi connectivity index (χ2v) is 6.81. The quantitative estimate of drug-likeness (QED) is 0.639. The van der Waals surface area contributed by atoms with Gasteiger partial charge in [0.25, 0.3) is 0 Å². The second kappa shape index (κ2) is 8.12. The Bertz CT molecular complexity index is 935. The van der Waals surface area contributed by atoms with Gasteiger partial charge in [0.05, 0.1) is 11.6 Å². The molecule has 4 heteroatoms. The minimum atomic E-state index is -0.829. The summed E-state index contributed by atoms with van der Waals surface area (Å²) in [6.07, 6.45) is 1.34. The standard InChI is InChI=1S/C23H24N2O2/c1-4-8-19(23(26)27)20-16(3)24-22(18-9-6-5-7-10-18)25-21(20)17-13-11-15(2)12-14-17/h5-7,9-14,19H,4,8H2,1-3H3,(H,26,27). The van der Waals surface area contributed by atoms with Crippen LogP contribution in [-0.2, 0) is 4.79 Å². The second-order valence-electron chi connectivity index (χ2n) is 6.81. The predicted octanol–water partition coefficient (Wildman–Crippen LogP) is 5.40. The molecule has 0 aliphatic carbocycles. The van der Waals surface area contributed by atoms with Gasteiger partial charge in [0.1, 0.15) is 0 Å². The SMILES string of the molecule is CCCC(C(=O)O)c1c(C)nc(-c2ccccc2)nc1-c1ccc(C)cc1. The maximum Gasteiger partial charge on any atom is 0.311 e. The number of aromatic nitrogens is 2. The average molecular weight is 360 g/mol. The topological polar surface area (TPSA) is 63.1 Å². The Morgan fingerprint density at radius 3 is 2.22 bits per heavy atom. The number of rotatable bonds is 6. The van der Waals surface area contributed by atoms with Crippen molar-refractivity contribution in [1.82, 2.24) is 9.97 Å². The van der Waals surface area contributed by atoms with Crippen LogP contribution in [0, 0.1) is 13.8 Å². The van der Waals surface area contributed by atoms with Crippen LogP contribution in [0.5, 0.6) is 0 Å². The molecule has 4 nitrogen and oxygen atoms in total. The summed E-state index contributed by atoms with van der Waals surface area (Å²) in [5, 5.41) is 9.83. The number of carbonyl (C=O) groups is 1. The molecule has 0 bridgehead atoms. The number of hydrogen-bond donors (Lipinski definition) is 1. The molecular weight excluding hydrogens is 336 g/mol. The van der Waals surface area contributed by atoms with Crippen LogP contribution in [0.25, 0.3) is 22.6 Å². The molecule has 2 aromatic carbocycles. The summed E-state index contributed by atoms with van der Waals surface area (Å²) in [5.41, 5.74) is 5.14. The zero-order valence-electron chi connectivity index (χ0n) is 15.9. The summed E-state index contributed by atoms with van der Waals surface area (Å²) in [7, 11) is 0. The molecule has 0 aliphatic rings. The first kappa shape index (κ1) is 18.8. The van der Waals surface area contributed by atoms with Crippen molar-refractivity contribution in [3.8, 4) is 22.6 Å². The highest BCUT2D eigenvalue weighted by atomic mass is 16.4. The fourth-order valence-electron chi connectivity index (χ4n) is 3.33. The molecule has 1 unspecified atom stereocenters. The van der Waals surface area contributed by atoms with Crippen molar-refractivity contribution >= 4 is 5.97 Å². The molecule has 0 saturated carbocycles. The third kappa shape index (κ3) is 4.05. The molecular formula is C23H24N2O2. The third-order valence-electron chi connectivity index (χ3n) is 4.72. The van der Waals surface area contributed by atoms with Gasteiger partial charge in [-0.3, -0.25) is 4.79 Å². The Balaban J connectivity index is 2.25. The number of carboxylic acids is 1. The van der Waals surface area contributed by atoms with Gasteiger partial charge in [-0.15, -0.1) is 0 Å². The van der Waals surface area contributed by atoms with E-state index in [1.807, 2.05) is 75.4 Å². The molecule has 1 aromatic heterocycles. The molecule has 1 N–H and O–H groups in total. The summed E-state index contributed by atoms with van der Waals surface area (Å²) in [6, 6.07) is 17.8. The highest BCUT2D eigenvalue weighted by Crippen LogP contribution is 2.34. The summed E-state index contributed by atoms with van der Waals surface area (Å²) < 4.78 is 0. The molecule has 3 aromatic rings. The number of benzene rings is 2. The molecule has 0 aliphatic heterocycles. The molecule has 0 amide bonds. The fraction of sp³-hybridized carbons (Fsp3) is 0.261. The number of nitrogens with zero attached hydrogens (tertiary/aromatic N) is 2. The van der Waals surface area contributed by atoms with E-state index in [2.05, 4.69) is 4.98 Å². The Morgan fingerprint density at radius 2 is 1.63 bits per heavy atom. The maximum absolute atomic E-state index is 12.0. The van der Waals surface area contributed by atoms with Crippen molar-refractivity contribution in [2.75, 3.05) is 0 Å². The van der Waals surface area contributed by atoms with Crippen LogP contribution in [0.15, 0.2) is 54.6 Å². The van der Waals surface area contributed by atoms with Crippen LogP contribution in [0.1, 0.15) is 42.5 Å². The van der Waals surface area contributed by atoms with E-state index in [-0.39, 0.29) is 0 Å². The van der Waals surface area contributed by atoms with E-state index >= 15 is 0 Å². The van der Waals surface area contributed by atoms with E-state index in [9.17, 15) is 9.90 Å². The van der Waals surface area contributed by atoms with Crippen LogP contribution in [0.3, 0.4) is 0 Å². The number of hydrogen-bond acceptors (Lipinski definition) is 3. The predicted molar refractivity (Wildman–Crippen MR) is 108 cm³/mol. The van der Waals surface area contributed by atoms with Crippen molar-refractivity contribution in [3.05, 3.63) is 71.4 Å². The molecule has 138 valence electrons. The van der Waals surface area contributed by atoms with Gasteiger partial charge >= 0.3 is 5.97 Å². The summed E-state index contributed by atoms with van der Waals surface area (Å²) in [4.78, 5) is 21.5. The Hall–Kier alpha value is -3.01. The normalized spacial score (nSPS) is 12.0. The number of aliphatic carboxylic acids is 1. The molecule has 1 heterocycles. The van der Waals surface area contributed by atoms with Gasteiger partial charge in [-0.25, -0.2) is 9.97 Å². The minimum Gasteiger partial charge on any atom is -0.481 e. The van der Waals surface area contributed by atoms with E-state index in [1.165, 1.54) is 0 Å². The summed E-state index contributed by atoms with van der Waals surface area (Å²) >= 11 is 0. The van der Waals surface area contributed by atoms with Crippen LogP contribution < -0.4 is 0 Å². The van der Waals surface area contributed by atoms with E-state index in [0.717, 1.165) is 28.8 Å². The first-order valence-corrected chi connectivity index (χ1v) is 9.25. The van der Waals surface area contributed by atoms with E-state index in [0.29, 0.717) is 23.5 Å². The van der Waals surface area contributed by atoms with Crippen molar-refractivity contribution in [1.29, 1.82) is 0 Å². The Labute approximate surface area is 159 Å². The van der Waals surface area contributed by atoms with Gasteiger partial charge in [0.2, 0.25) is 0 Å². The molecule has 0 fully saturated rings. The molecule has 1 atom stereocenters. The van der Waals surface area contributed by atoms with Crippen molar-refractivity contribution in [2.24, 2.45) is 0 Å². The largest absolute Gasteiger partial charge is 0.481 e. The number of aryl methyl sites for hydroxylation is 2. The van der Waals surface area contributed by atoms with Crippen LogP contribution in [-0.4, -0.2) is 21.0 Å². The lowest BCUT2D eigenvalue weighted by molar-refractivity contribution is -0.139. The van der Waals surface area contributed by atoms with Crippen LogP contribution in [0.4, 0.5) is 0 Å². The van der Waals surface area contributed by atoms with Crippen molar-refractivity contribution < 1.29 is 9.90 Å². The molecule has 0 saturated heterocycles. The first-order valence-electron chi connectivity index (χ1n) is 9.25. The lowest BCUT2D eigenvalue weighted by Gasteiger charge is -2.19. The van der Waals surface area contributed by atoms with Gasteiger partial charge < -0.3 is 5.11 Å². The zero-order chi connectivity index (χ0) is 19.4. The average Bonchev–Trinajstić information content (AvgIpc) is 2.67. The highest BCUT2D eigenvalue weighted by molar-refractivity contribution is 5.81. The van der Waals surface area contributed by atoms with Gasteiger partial charge in [-0.2, -0.15) is 0 Å². The number of carboxylic acid groups (broad SMARTS) is 1. The molecule has 0 spiro atoms. The van der Waals surface area contributed by atoms with E-state index in [1.54, 1.807) is 0 Å². The van der Waals surface area contributed by atoms with Crippen LogP contribution in [0.2, 0.25) is 0 Å². The van der Waals surface area contributed by atoms with Crippen molar-refractivity contribution in [3.63, 3.8) is 0 Å². The lowest BCUT2D eigenvalue weighted by atomic mass is 9.89. The summed E-state index contributed by atoms with van der Waals surface area (Å²) in [5.74, 6) is -0.825. The molecule has 0 radical (unpaired) electrons. The molecule has 3 rings (SSSR count). The smallest absolute Gasteiger partial charge is 0.311 e. The van der Waals surface area contributed by atoms with E-state index in [4.69, 9.17) is 4.98 Å². The lowest BCUT2D eigenvalue weighted by Crippen LogP contribution is -2.16. The third-order valence-corrected chi connectivity index (χ3v) is 4.72. The Morgan fingerprint density at radius 1 is 0.963 bits per heavy atom.